The van der Waals surface area contributed by atoms with Crippen LogP contribution in [0.2, 0.25) is 0 Å². The SMILES string of the molecule is Nc1cc(Br)cnc1N1CCCCCC1CO. The third-order valence-corrected chi connectivity index (χ3v) is 3.66. The van der Waals surface area contributed by atoms with E-state index >= 15 is 0 Å². The molecule has 3 N–H and O–H groups in total. The van der Waals surface area contributed by atoms with Crippen molar-refractivity contribution < 1.29 is 5.11 Å². The van der Waals surface area contributed by atoms with E-state index in [0.717, 1.165) is 36.1 Å². The van der Waals surface area contributed by atoms with Gasteiger partial charge in [-0.15, -0.1) is 0 Å². The van der Waals surface area contributed by atoms with Crippen LogP contribution in [0.5, 0.6) is 0 Å². The molecule has 0 saturated carbocycles. The third kappa shape index (κ3) is 2.90. The summed E-state index contributed by atoms with van der Waals surface area (Å²) in [7, 11) is 0. The van der Waals surface area contributed by atoms with Gasteiger partial charge >= 0.3 is 0 Å². The molecule has 94 valence electrons. The first-order valence-corrected chi connectivity index (χ1v) is 6.80. The van der Waals surface area contributed by atoms with Crippen molar-refractivity contribution in [2.75, 3.05) is 23.8 Å². The van der Waals surface area contributed by atoms with Gasteiger partial charge in [0, 0.05) is 17.2 Å². The maximum atomic E-state index is 9.47. The number of nitrogens with two attached hydrogens (primary N) is 1. The lowest BCUT2D eigenvalue weighted by molar-refractivity contribution is 0.254. The van der Waals surface area contributed by atoms with Crippen molar-refractivity contribution in [1.29, 1.82) is 0 Å². The monoisotopic (exact) mass is 299 g/mol. The fourth-order valence-corrected chi connectivity index (χ4v) is 2.68. The van der Waals surface area contributed by atoms with Gasteiger partial charge in [-0.05, 0) is 34.8 Å². The zero-order chi connectivity index (χ0) is 12.3. The van der Waals surface area contributed by atoms with E-state index in [9.17, 15) is 5.11 Å². The third-order valence-electron chi connectivity index (χ3n) is 3.22. The molecule has 2 rings (SSSR count). The van der Waals surface area contributed by atoms with Gasteiger partial charge in [-0.25, -0.2) is 4.98 Å². The van der Waals surface area contributed by atoms with Crippen LogP contribution in [0.4, 0.5) is 11.5 Å². The van der Waals surface area contributed by atoms with E-state index in [-0.39, 0.29) is 12.6 Å². The van der Waals surface area contributed by atoms with Crippen LogP contribution >= 0.6 is 15.9 Å². The van der Waals surface area contributed by atoms with Crippen LogP contribution in [0.3, 0.4) is 0 Å². The highest BCUT2D eigenvalue weighted by atomic mass is 79.9. The number of hydrogen-bond acceptors (Lipinski definition) is 4. The fraction of sp³-hybridized carbons (Fsp3) is 0.583. The van der Waals surface area contributed by atoms with Crippen molar-refractivity contribution in [3.05, 3.63) is 16.7 Å². The van der Waals surface area contributed by atoms with E-state index in [2.05, 4.69) is 25.8 Å². The molecule has 1 fully saturated rings. The van der Waals surface area contributed by atoms with Gasteiger partial charge < -0.3 is 15.7 Å². The van der Waals surface area contributed by atoms with Crippen LogP contribution in [-0.4, -0.2) is 29.3 Å². The summed E-state index contributed by atoms with van der Waals surface area (Å²) in [6.45, 7) is 1.08. The molecule has 0 aliphatic carbocycles. The van der Waals surface area contributed by atoms with Crippen molar-refractivity contribution in [1.82, 2.24) is 4.98 Å². The van der Waals surface area contributed by atoms with Gasteiger partial charge in [0.25, 0.3) is 0 Å². The zero-order valence-corrected chi connectivity index (χ0v) is 11.4. The zero-order valence-electron chi connectivity index (χ0n) is 9.77. The minimum absolute atomic E-state index is 0.147. The summed E-state index contributed by atoms with van der Waals surface area (Å²) in [5, 5.41) is 9.47. The molecule has 1 aliphatic rings. The molecule has 1 aromatic heterocycles. The highest BCUT2D eigenvalue weighted by Gasteiger charge is 2.23. The molecular weight excluding hydrogens is 282 g/mol. The van der Waals surface area contributed by atoms with Crippen LogP contribution in [0, 0.1) is 0 Å². The second-order valence-electron chi connectivity index (χ2n) is 4.45. The first-order valence-electron chi connectivity index (χ1n) is 6.01. The van der Waals surface area contributed by atoms with Crippen molar-refractivity contribution >= 4 is 27.4 Å². The first kappa shape index (κ1) is 12.6. The predicted octanol–water partition coefficient (Wildman–Crippen LogP) is 2.17. The summed E-state index contributed by atoms with van der Waals surface area (Å²) in [4.78, 5) is 6.53. The number of nitrogens with zero attached hydrogens (tertiary/aromatic N) is 2. The Morgan fingerprint density at radius 3 is 3.00 bits per heavy atom. The van der Waals surface area contributed by atoms with Crippen LogP contribution < -0.4 is 10.6 Å². The lowest BCUT2D eigenvalue weighted by Crippen LogP contribution is -2.38. The van der Waals surface area contributed by atoms with Crippen LogP contribution in [0.25, 0.3) is 0 Å². The smallest absolute Gasteiger partial charge is 0.152 e. The van der Waals surface area contributed by atoms with Gasteiger partial charge in [-0.1, -0.05) is 12.8 Å². The number of aromatic nitrogens is 1. The van der Waals surface area contributed by atoms with E-state index in [0.29, 0.717) is 5.69 Å². The molecule has 0 aromatic carbocycles. The summed E-state index contributed by atoms with van der Waals surface area (Å²) >= 11 is 3.36. The molecule has 0 amide bonds. The molecule has 17 heavy (non-hydrogen) atoms. The van der Waals surface area contributed by atoms with Crippen molar-refractivity contribution in [3.8, 4) is 0 Å². The Balaban J connectivity index is 2.28. The minimum atomic E-state index is 0.147. The normalized spacial score (nSPS) is 21.3. The van der Waals surface area contributed by atoms with Gasteiger partial charge in [0.2, 0.25) is 0 Å². The summed E-state index contributed by atoms with van der Waals surface area (Å²) in [6, 6.07) is 2.01. The summed E-state index contributed by atoms with van der Waals surface area (Å²) < 4.78 is 0.883. The standard InChI is InChI=1S/C12H18BrN3O/c13-9-6-11(14)12(15-7-9)16-5-3-1-2-4-10(16)8-17/h6-7,10,17H,1-5,8,14H2. The summed E-state index contributed by atoms with van der Waals surface area (Å²) in [5.74, 6) is 0.800. The maximum Gasteiger partial charge on any atom is 0.152 e. The van der Waals surface area contributed by atoms with E-state index in [4.69, 9.17) is 5.73 Å². The van der Waals surface area contributed by atoms with E-state index in [1.54, 1.807) is 6.20 Å². The molecule has 4 nitrogen and oxygen atoms in total. The molecule has 5 heteroatoms. The highest BCUT2D eigenvalue weighted by molar-refractivity contribution is 9.10. The van der Waals surface area contributed by atoms with Crippen LogP contribution in [-0.2, 0) is 0 Å². The van der Waals surface area contributed by atoms with E-state index in [1.807, 2.05) is 6.07 Å². The maximum absolute atomic E-state index is 9.47. The van der Waals surface area contributed by atoms with E-state index in [1.165, 1.54) is 6.42 Å². The number of rotatable bonds is 2. The van der Waals surface area contributed by atoms with Gasteiger partial charge in [-0.2, -0.15) is 0 Å². The molecule has 1 aliphatic heterocycles. The molecule has 1 unspecified atom stereocenters. The molecule has 1 saturated heterocycles. The second-order valence-corrected chi connectivity index (χ2v) is 5.36. The van der Waals surface area contributed by atoms with Crippen molar-refractivity contribution in [2.24, 2.45) is 0 Å². The first-order chi connectivity index (χ1) is 8.22. The molecule has 0 bridgehead atoms. The Hall–Kier alpha value is -0.810. The Morgan fingerprint density at radius 1 is 1.47 bits per heavy atom. The average Bonchev–Trinajstić information content (AvgIpc) is 2.54. The van der Waals surface area contributed by atoms with Gasteiger partial charge in [0.1, 0.15) is 0 Å². The Labute approximate surface area is 110 Å². The number of pyridine rings is 1. The van der Waals surface area contributed by atoms with E-state index < -0.39 is 0 Å². The number of nitrogen functional groups attached to an aromatic ring is 1. The Bertz CT molecular complexity index is 386. The summed E-state index contributed by atoms with van der Waals surface area (Å²) in [5.41, 5.74) is 6.67. The van der Waals surface area contributed by atoms with Gasteiger partial charge in [-0.3, -0.25) is 0 Å². The van der Waals surface area contributed by atoms with Crippen LogP contribution in [0.15, 0.2) is 16.7 Å². The number of halogens is 1. The summed E-state index contributed by atoms with van der Waals surface area (Å²) in [6.07, 6.45) is 6.27. The second kappa shape index (κ2) is 5.69. The molecule has 1 aromatic rings. The topological polar surface area (TPSA) is 62.4 Å². The average molecular weight is 300 g/mol. The number of hydrogen-bond donors (Lipinski definition) is 2. The minimum Gasteiger partial charge on any atom is -0.396 e. The lowest BCUT2D eigenvalue weighted by atomic mass is 10.1. The largest absolute Gasteiger partial charge is 0.396 e. The highest BCUT2D eigenvalue weighted by Crippen LogP contribution is 2.28. The fourth-order valence-electron chi connectivity index (χ4n) is 2.33. The molecule has 0 radical (unpaired) electrons. The Morgan fingerprint density at radius 2 is 2.29 bits per heavy atom. The quantitative estimate of drug-likeness (QED) is 0.878. The molecular formula is C12H18BrN3O. The lowest BCUT2D eigenvalue weighted by Gasteiger charge is -2.30. The number of anilines is 2. The molecule has 2 heterocycles. The van der Waals surface area contributed by atoms with Gasteiger partial charge in [0.05, 0.1) is 18.3 Å². The predicted molar refractivity (Wildman–Crippen MR) is 73.0 cm³/mol. The van der Waals surface area contributed by atoms with Crippen LogP contribution in [0.1, 0.15) is 25.7 Å². The number of aliphatic hydroxyl groups excluding tert-OH is 1. The van der Waals surface area contributed by atoms with Crippen molar-refractivity contribution in [3.63, 3.8) is 0 Å². The molecule has 0 spiro atoms. The molecule has 1 atom stereocenters. The van der Waals surface area contributed by atoms with Gasteiger partial charge in [0.15, 0.2) is 5.82 Å². The number of aliphatic hydroxyl groups is 1. The van der Waals surface area contributed by atoms with Crippen molar-refractivity contribution in [2.45, 2.75) is 31.7 Å². The Kier molecular flexibility index (Phi) is 4.23.